The molecule has 0 spiro atoms. The molecule has 2 aromatic rings. The lowest BCUT2D eigenvalue weighted by molar-refractivity contribution is 0.0603. The van der Waals surface area contributed by atoms with Crippen LogP contribution in [0.3, 0.4) is 0 Å². The summed E-state index contributed by atoms with van der Waals surface area (Å²) in [6.45, 7) is 11.9. The van der Waals surface area contributed by atoms with E-state index in [4.69, 9.17) is 4.74 Å². The van der Waals surface area contributed by atoms with Gasteiger partial charge >= 0.3 is 5.97 Å². The van der Waals surface area contributed by atoms with Crippen LogP contribution in [0.2, 0.25) is 0 Å². The number of carbonyl (C=O) groups excluding carboxylic acids is 1. The number of benzene rings is 1. The van der Waals surface area contributed by atoms with Gasteiger partial charge < -0.3 is 4.74 Å². The minimum Gasteiger partial charge on any atom is -0.465 e. The Kier molecular flexibility index (Phi) is 5.99. The Morgan fingerprint density at radius 2 is 2.12 bits per heavy atom. The highest BCUT2D eigenvalue weighted by Crippen LogP contribution is 2.53. The molecule has 1 aromatic heterocycles. The van der Waals surface area contributed by atoms with Crippen LogP contribution < -0.4 is 0 Å². The number of halogens is 1. The molecule has 1 saturated carbocycles. The van der Waals surface area contributed by atoms with E-state index in [-0.39, 0.29) is 10.7 Å². The quantitative estimate of drug-likeness (QED) is 0.456. The number of carbonyl (C=O) groups is 1. The predicted octanol–water partition coefficient (Wildman–Crippen LogP) is 5.91. The van der Waals surface area contributed by atoms with Gasteiger partial charge in [0.25, 0.3) is 0 Å². The van der Waals surface area contributed by atoms with Crippen LogP contribution in [-0.2, 0) is 4.74 Å². The number of ether oxygens (including phenoxy) is 1. The molecule has 1 aliphatic carbocycles. The van der Waals surface area contributed by atoms with Gasteiger partial charge in [0.05, 0.1) is 18.2 Å². The summed E-state index contributed by atoms with van der Waals surface area (Å²) in [7, 11) is 1.42. The lowest BCUT2D eigenvalue weighted by Crippen LogP contribution is -2.05. The third-order valence-corrected chi connectivity index (χ3v) is 5.97. The van der Waals surface area contributed by atoms with E-state index in [0.29, 0.717) is 5.56 Å². The van der Waals surface area contributed by atoms with Crippen molar-refractivity contribution in [1.82, 2.24) is 3.97 Å². The molecule has 1 aliphatic rings. The predicted molar refractivity (Wildman–Crippen MR) is 107 cm³/mol. The first-order chi connectivity index (χ1) is 11.5. The van der Waals surface area contributed by atoms with E-state index in [1.165, 1.54) is 20.0 Å². The third-order valence-electron chi connectivity index (χ3n) is 4.05. The van der Waals surface area contributed by atoms with Crippen molar-refractivity contribution in [2.24, 2.45) is 0 Å². The van der Waals surface area contributed by atoms with Gasteiger partial charge in [0, 0.05) is 20.8 Å². The first-order valence-electron chi connectivity index (χ1n) is 7.69. The van der Waals surface area contributed by atoms with Crippen molar-refractivity contribution >= 4 is 44.8 Å². The number of allylic oxidation sites excluding steroid dienone is 1. The fraction of sp³-hybridized carbons (Fsp3) is 0.316. The van der Waals surface area contributed by atoms with Crippen LogP contribution in [0.1, 0.15) is 35.2 Å². The van der Waals surface area contributed by atoms with Crippen molar-refractivity contribution in [3.05, 3.63) is 59.7 Å². The van der Waals surface area contributed by atoms with Gasteiger partial charge in [0.15, 0.2) is 0 Å². The summed E-state index contributed by atoms with van der Waals surface area (Å²) in [6.07, 6.45) is 7.53. The first kappa shape index (κ1) is 18.9. The molecule has 128 valence electrons. The lowest BCUT2D eigenvalue weighted by Gasteiger charge is -2.14. The number of aryl methyl sites for hydroxylation is 1. The summed E-state index contributed by atoms with van der Waals surface area (Å²) >= 11 is 5.34. The van der Waals surface area contributed by atoms with Crippen molar-refractivity contribution in [2.75, 3.05) is 7.11 Å². The highest BCUT2D eigenvalue weighted by Gasteiger charge is 2.43. The summed E-state index contributed by atoms with van der Waals surface area (Å²) in [6, 6.07) is 3.89. The minimum atomic E-state index is -0.302. The molecule has 3 nitrogen and oxygen atoms in total. The van der Waals surface area contributed by atoms with Crippen molar-refractivity contribution in [1.29, 1.82) is 0 Å². The fourth-order valence-electron chi connectivity index (χ4n) is 2.78. The normalized spacial score (nSPS) is 14.6. The Morgan fingerprint density at radius 1 is 1.46 bits per heavy atom. The Hall–Kier alpha value is -1.46. The molecule has 1 aromatic carbocycles. The molecule has 1 heterocycles. The van der Waals surface area contributed by atoms with Gasteiger partial charge in [-0.25, -0.2) is 4.79 Å². The van der Waals surface area contributed by atoms with Gasteiger partial charge in [0.2, 0.25) is 0 Å². The number of rotatable bonds is 5. The molecule has 5 heteroatoms. The number of aromatic nitrogens is 1. The summed E-state index contributed by atoms with van der Waals surface area (Å²) in [4.78, 5) is 12.1. The average Bonchev–Trinajstić information content (AvgIpc) is 3.26. The Morgan fingerprint density at radius 3 is 2.67 bits per heavy atom. The molecular weight excluding hydrogens is 386 g/mol. The minimum absolute atomic E-state index is 0.272. The van der Waals surface area contributed by atoms with Crippen LogP contribution in [-0.4, -0.2) is 21.8 Å². The molecule has 1 fully saturated rings. The van der Waals surface area contributed by atoms with E-state index in [2.05, 4.69) is 51.9 Å². The molecular formula is C19H22BrNO2S. The number of hydrogen-bond acceptors (Lipinski definition) is 3. The van der Waals surface area contributed by atoms with Crippen molar-refractivity contribution in [2.45, 2.75) is 30.9 Å². The molecule has 0 radical (unpaired) electrons. The Balaban J connectivity index is 0.00000100. The number of nitrogens with zero attached hydrogens (tertiary/aromatic N) is 1. The van der Waals surface area contributed by atoms with E-state index < -0.39 is 0 Å². The number of hydrogen-bond donors (Lipinski definition) is 0. The van der Waals surface area contributed by atoms with Gasteiger partial charge in [0.1, 0.15) is 0 Å². The van der Waals surface area contributed by atoms with Crippen LogP contribution in [0.15, 0.2) is 48.6 Å². The van der Waals surface area contributed by atoms with Crippen molar-refractivity contribution < 1.29 is 9.53 Å². The van der Waals surface area contributed by atoms with Gasteiger partial charge in [-0.1, -0.05) is 22.0 Å². The maximum atomic E-state index is 12.1. The molecule has 0 N–H and O–H groups in total. The molecule has 0 unspecified atom stereocenters. The second-order valence-corrected chi connectivity index (χ2v) is 8.10. The highest BCUT2D eigenvalue weighted by molar-refractivity contribution is 9.10. The summed E-state index contributed by atoms with van der Waals surface area (Å²) < 4.78 is 8.27. The van der Waals surface area contributed by atoms with Crippen LogP contribution in [0.25, 0.3) is 10.9 Å². The maximum Gasteiger partial charge on any atom is 0.338 e. The zero-order chi connectivity index (χ0) is 17.9. The SMILES string of the molecule is C=C.C=CCC1(Sn2cc(C)c3c(C(=O)OC)cc(Br)cc32)CC1. The standard InChI is InChI=1S/C17H18BrNO2S.C2H4/c1-4-5-17(6-7-17)22-19-10-11(2)15-13(16(20)21-3)8-12(18)9-14(15)19;1-2/h4,8-10H,1,5-7H2,2-3H3;1-2H2. The number of esters is 1. The van der Waals surface area contributed by atoms with Gasteiger partial charge in [-0.3, -0.25) is 3.97 Å². The summed E-state index contributed by atoms with van der Waals surface area (Å²) in [5.41, 5.74) is 2.75. The molecule has 0 atom stereocenters. The maximum absolute atomic E-state index is 12.1. The van der Waals surface area contributed by atoms with Crippen molar-refractivity contribution in [3.8, 4) is 0 Å². The molecule has 0 saturated heterocycles. The molecule has 0 bridgehead atoms. The zero-order valence-corrected chi connectivity index (χ0v) is 16.5. The lowest BCUT2D eigenvalue weighted by atomic mass is 10.1. The molecule has 0 amide bonds. The summed E-state index contributed by atoms with van der Waals surface area (Å²) in [5.74, 6) is -0.302. The Bertz CT molecular complexity index is 777. The van der Waals surface area contributed by atoms with E-state index in [9.17, 15) is 4.79 Å². The first-order valence-corrected chi connectivity index (χ1v) is 9.26. The highest BCUT2D eigenvalue weighted by atomic mass is 79.9. The number of fused-ring (bicyclic) bond motifs is 1. The zero-order valence-electron chi connectivity index (χ0n) is 14.1. The number of methoxy groups -OCH3 is 1. The fourth-order valence-corrected chi connectivity index (χ4v) is 4.57. The second kappa shape index (κ2) is 7.62. The van der Waals surface area contributed by atoms with Crippen LogP contribution in [0.4, 0.5) is 0 Å². The van der Waals surface area contributed by atoms with Gasteiger partial charge in [-0.15, -0.1) is 19.7 Å². The monoisotopic (exact) mass is 407 g/mol. The molecule has 0 aliphatic heterocycles. The second-order valence-electron chi connectivity index (χ2n) is 5.74. The topological polar surface area (TPSA) is 31.2 Å². The van der Waals surface area contributed by atoms with Crippen molar-refractivity contribution in [3.63, 3.8) is 0 Å². The van der Waals surface area contributed by atoms with Crippen LogP contribution in [0.5, 0.6) is 0 Å². The van der Waals surface area contributed by atoms with Gasteiger partial charge in [-0.05, 0) is 55.8 Å². The van der Waals surface area contributed by atoms with E-state index in [1.54, 1.807) is 0 Å². The van der Waals surface area contributed by atoms with Gasteiger partial charge in [-0.2, -0.15) is 0 Å². The Labute approximate surface area is 156 Å². The van der Waals surface area contributed by atoms with E-state index >= 15 is 0 Å². The van der Waals surface area contributed by atoms with E-state index in [1.807, 2.05) is 31.0 Å². The van der Waals surface area contributed by atoms with Crippen LogP contribution >= 0.6 is 27.9 Å². The van der Waals surface area contributed by atoms with Crippen LogP contribution in [0, 0.1) is 6.92 Å². The summed E-state index contributed by atoms with van der Waals surface area (Å²) in [5, 5.41) is 0.969. The van der Waals surface area contributed by atoms with E-state index in [0.717, 1.165) is 27.4 Å². The average molecular weight is 408 g/mol. The smallest absolute Gasteiger partial charge is 0.338 e. The largest absolute Gasteiger partial charge is 0.465 e. The molecule has 24 heavy (non-hydrogen) atoms. The third kappa shape index (κ3) is 3.62. The molecule has 3 rings (SSSR count).